The summed E-state index contributed by atoms with van der Waals surface area (Å²) in [5.74, 6) is -0.452. The fourth-order valence-electron chi connectivity index (χ4n) is 13.0. The number of unbranched alkanes of at least 4 members (excludes halogenated alkanes) is 52. The van der Waals surface area contributed by atoms with E-state index in [2.05, 4.69) is 41.5 Å². The largest absolute Gasteiger partial charge is 0.472 e. The van der Waals surface area contributed by atoms with Gasteiger partial charge in [0.15, 0.2) is 12.2 Å². The number of hydrogen-bond acceptors (Lipinski definition) is 15. The van der Waals surface area contributed by atoms with E-state index in [0.717, 1.165) is 102 Å². The third-order valence-electron chi connectivity index (χ3n) is 20.1. The van der Waals surface area contributed by atoms with Gasteiger partial charge in [-0.3, -0.25) is 37.3 Å². The highest BCUT2D eigenvalue weighted by Crippen LogP contribution is 2.45. The zero-order valence-electron chi connectivity index (χ0n) is 67.6. The lowest BCUT2D eigenvalue weighted by Gasteiger charge is -2.21. The molecule has 103 heavy (non-hydrogen) atoms. The number of aliphatic hydroxyl groups is 1. The second-order valence-corrected chi connectivity index (χ2v) is 33.8. The summed E-state index contributed by atoms with van der Waals surface area (Å²) in [6.07, 6.45) is 66.5. The Labute approximate surface area is 632 Å². The zero-order chi connectivity index (χ0) is 75.6. The van der Waals surface area contributed by atoms with Gasteiger partial charge in [0, 0.05) is 25.7 Å². The average molecular weight is 1510 g/mol. The summed E-state index contributed by atoms with van der Waals surface area (Å²) in [5, 5.41) is 10.7. The van der Waals surface area contributed by atoms with Crippen LogP contribution in [-0.4, -0.2) is 96.7 Å². The molecule has 0 fully saturated rings. The maximum Gasteiger partial charge on any atom is 0.472 e. The van der Waals surface area contributed by atoms with Crippen LogP contribution in [0.5, 0.6) is 0 Å². The molecule has 0 aromatic carbocycles. The van der Waals surface area contributed by atoms with Crippen LogP contribution in [0, 0.1) is 11.8 Å². The van der Waals surface area contributed by atoms with Gasteiger partial charge >= 0.3 is 39.5 Å². The number of phosphoric ester groups is 2. The first-order valence-electron chi connectivity index (χ1n) is 43.5. The Hall–Kier alpha value is -1.94. The molecular formula is C84H164O17P2. The number of phosphoric acid groups is 2. The van der Waals surface area contributed by atoms with Gasteiger partial charge in [-0.1, -0.05) is 395 Å². The van der Waals surface area contributed by atoms with Gasteiger partial charge in [-0.25, -0.2) is 9.13 Å². The lowest BCUT2D eigenvalue weighted by atomic mass is 9.99. The topological polar surface area (TPSA) is 237 Å². The predicted octanol–water partition coefficient (Wildman–Crippen LogP) is 25.5. The SMILES string of the molecule is CCCCCCCCCCCCCCCCCCCCC(=O)O[C@H](COC(=O)CCCCCCCCCCC)COP(=O)(O)OC[C@H](O)COP(=O)(O)OC[C@@H](COC(=O)CCCCCCCCCCCCCCCCC(C)CC)OC(=O)CCCCCCCCCCCCCCCCCC(C)C. The molecule has 0 aliphatic rings. The molecule has 0 aliphatic carbocycles. The third kappa shape index (κ3) is 76.6. The van der Waals surface area contributed by atoms with Crippen molar-refractivity contribution in [2.24, 2.45) is 11.8 Å². The Bertz CT molecular complexity index is 1980. The van der Waals surface area contributed by atoms with E-state index in [0.29, 0.717) is 25.7 Å². The second-order valence-electron chi connectivity index (χ2n) is 30.9. The van der Waals surface area contributed by atoms with E-state index in [4.69, 9.17) is 37.0 Å². The Morgan fingerprint density at radius 3 is 0.738 bits per heavy atom. The van der Waals surface area contributed by atoms with Gasteiger partial charge < -0.3 is 33.8 Å². The van der Waals surface area contributed by atoms with Crippen molar-refractivity contribution in [1.29, 1.82) is 0 Å². The van der Waals surface area contributed by atoms with Gasteiger partial charge in [0.2, 0.25) is 0 Å². The molecule has 0 bridgehead atoms. The minimum Gasteiger partial charge on any atom is -0.462 e. The molecule has 612 valence electrons. The standard InChI is InChI=1S/C84H164O17P2/c1-7-10-12-14-16-18-19-20-21-22-23-26-33-38-44-50-56-62-68-83(88)100-79(72-94-81(86)66-60-54-48-40-17-15-13-11-8-2)74-98-102(90,91)96-70-78(85)71-97-103(92,93)99-75-80(101-84(89)69-63-57-51-45-39-34-27-24-25-30-35-41-46-52-58-64-76(4)5)73-95-82(87)67-61-55-49-43-37-32-29-28-31-36-42-47-53-59-65-77(6)9-3/h76-80,85H,7-75H2,1-6H3,(H,90,91)(H,92,93)/t77?,78-,79+,80+/m0/s1. The summed E-state index contributed by atoms with van der Waals surface area (Å²) in [6.45, 7) is 9.73. The highest BCUT2D eigenvalue weighted by Gasteiger charge is 2.30. The molecule has 0 spiro atoms. The molecule has 0 rings (SSSR count). The van der Waals surface area contributed by atoms with Crippen molar-refractivity contribution >= 4 is 39.5 Å². The van der Waals surface area contributed by atoms with Crippen LogP contribution in [0.25, 0.3) is 0 Å². The lowest BCUT2D eigenvalue weighted by molar-refractivity contribution is -0.161. The van der Waals surface area contributed by atoms with Crippen molar-refractivity contribution in [2.75, 3.05) is 39.6 Å². The van der Waals surface area contributed by atoms with Crippen LogP contribution >= 0.6 is 15.6 Å². The normalized spacial score (nSPS) is 14.1. The quantitative estimate of drug-likeness (QED) is 0.0222. The van der Waals surface area contributed by atoms with E-state index in [-0.39, 0.29) is 25.7 Å². The van der Waals surface area contributed by atoms with Crippen molar-refractivity contribution in [2.45, 2.75) is 464 Å². The lowest BCUT2D eigenvalue weighted by Crippen LogP contribution is -2.30. The number of ether oxygens (including phenoxy) is 4. The molecule has 0 aromatic rings. The number of aliphatic hydroxyl groups excluding tert-OH is 1. The van der Waals surface area contributed by atoms with Crippen LogP contribution in [-0.2, 0) is 65.4 Å². The minimum absolute atomic E-state index is 0.108. The summed E-state index contributed by atoms with van der Waals surface area (Å²) >= 11 is 0. The van der Waals surface area contributed by atoms with Crippen molar-refractivity contribution in [3.05, 3.63) is 0 Å². The Balaban J connectivity index is 5.22. The third-order valence-corrected chi connectivity index (χ3v) is 22.0. The molecule has 0 saturated heterocycles. The van der Waals surface area contributed by atoms with Crippen LogP contribution < -0.4 is 0 Å². The molecule has 19 heteroatoms. The maximum atomic E-state index is 13.1. The molecule has 17 nitrogen and oxygen atoms in total. The first kappa shape index (κ1) is 101. The molecule has 3 N–H and O–H groups in total. The van der Waals surface area contributed by atoms with E-state index in [1.165, 1.54) is 263 Å². The summed E-state index contributed by atoms with van der Waals surface area (Å²) < 4.78 is 68.8. The van der Waals surface area contributed by atoms with Gasteiger partial charge in [0.05, 0.1) is 26.4 Å². The molecule has 0 radical (unpaired) electrons. The van der Waals surface area contributed by atoms with Gasteiger partial charge in [-0.15, -0.1) is 0 Å². The Morgan fingerprint density at radius 2 is 0.495 bits per heavy atom. The Morgan fingerprint density at radius 1 is 0.282 bits per heavy atom. The molecule has 6 atom stereocenters. The van der Waals surface area contributed by atoms with Crippen molar-refractivity contribution in [3.63, 3.8) is 0 Å². The number of rotatable bonds is 83. The molecule has 0 saturated carbocycles. The van der Waals surface area contributed by atoms with E-state index in [1.54, 1.807) is 0 Å². The number of carbonyl (C=O) groups excluding carboxylic acids is 4. The highest BCUT2D eigenvalue weighted by atomic mass is 31.2. The van der Waals surface area contributed by atoms with E-state index < -0.39 is 97.5 Å². The molecule has 0 aromatic heterocycles. The fourth-order valence-corrected chi connectivity index (χ4v) is 14.6. The maximum absolute atomic E-state index is 13.1. The number of hydrogen-bond donors (Lipinski definition) is 3. The minimum atomic E-state index is -4.96. The van der Waals surface area contributed by atoms with Gasteiger partial charge in [0.25, 0.3) is 0 Å². The van der Waals surface area contributed by atoms with E-state index in [9.17, 15) is 43.2 Å². The van der Waals surface area contributed by atoms with E-state index in [1.807, 2.05) is 0 Å². The van der Waals surface area contributed by atoms with E-state index >= 15 is 0 Å². The summed E-state index contributed by atoms with van der Waals surface area (Å²) in [7, 11) is -9.92. The predicted molar refractivity (Wildman–Crippen MR) is 423 cm³/mol. The first-order chi connectivity index (χ1) is 49.9. The van der Waals surface area contributed by atoms with Gasteiger partial charge in [-0.2, -0.15) is 0 Å². The summed E-state index contributed by atoms with van der Waals surface area (Å²) in [5.41, 5.74) is 0. The monoisotopic (exact) mass is 1510 g/mol. The molecular weight excluding hydrogens is 1340 g/mol. The van der Waals surface area contributed by atoms with Crippen molar-refractivity contribution in [1.82, 2.24) is 0 Å². The first-order valence-corrected chi connectivity index (χ1v) is 46.5. The highest BCUT2D eigenvalue weighted by molar-refractivity contribution is 7.47. The fraction of sp³-hybridized carbons (Fsp3) is 0.952. The Kier molecular flexibility index (Phi) is 74.1. The molecule has 0 heterocycles. The second kappa shape index (κ2) is 75.5. The van der Waals surface area contributed by atoms with Crippen molar-refractivity contribution in [3.8, 4) is 0 Å². The molecule has 3 unspecified atom stereocenters. The van der Waals surface area contributed by atoms with Gasteiger partial charge in [0.1, 0.15) is 19.3 Å². The average Bonchev–Trinajstić information content (AvgIpc) is 0.922. The summed E-state index contributed by atoms with van der Waals surface area (Å²) in [4.78, 5) is 73.1. The smallest absolute Gasteiger partial charge is 0.462 e. The number of esters is 4. The molecule has 0 amide bonds. The van der Waals surface area contributed by atoms with Crippen LogP contribution in [0.1, 0.15) is 446 Å². The zero-order valence-corrected chi connectivity index (χ0v) is 69.4. The van der Waals surface area contributed by atoms with Crippen LogP contribution in [0.3, 0.4) is 0 Å². The number of carbonyl (C=O) groups is 4. The van der Waals surface area contributed by atoms with Crippen LogP contribution in [0.4, 0.5) is 0 Å². The molecule has 0 aliphatic heterocycles. The van der Waals surface area contributed by atoms with Crippen LogP contribution in [0.2, 0.25) is 0 Å². The summed E-state index contributed by atoms with van der Waals surface area (Å²) in [6, 6.07) is 0. The van der Waals surface area contributed by atoms with Gasteiger partial charge in [-0.05, 0) is 37.5 Å². The van der Waals surface area contributed by atoms with Crippen LogP contribution in [0.15, 0.2) is 0 Å². The van der Waals surface area contributed by atoms with Crippen molar-refractivity contribution < 1.29 is 80.2 Å².